The quantitative estimate of drug-likeness (QED) is 0.560. The Hall–Kier alpha value is -2.88. The number of carbonyl (C=O) groups is 1. The number of hydrogen-bond donors (Lipinski definition) is 3. The molecule has 2 aromatic carbocycles. The molecule has 1 aliphatic heterocycles. The van der Waals surface area contributed by atoms with Gasteiger partial charge in [-0.05, 0) is 29.8 Å². The van der Waals surface area contributed by atoms with Crippen molar-refractivity contribution < 1.29 is 19.3 Å². The molecule has 28 heavy (non-hydrogen) atoms. The second-order valence-electron chi connectivity index (χ2n) is 7.18. The number of benzene rings is 2. The van der Waals surface area contributed by atoms with E-state index >= 15 is 0 Å². The van der Waals surface area contributed by atoms with Gasteiger partial charge in [-0.3, -0.25) is 4.79 Å². The van der Waals surface area contributed by atoms with Crippen molar-refractivity contribution in [2.45, 2.75) is 13.0 Å². The smallest absolute Gasteiger partial charge is 0.230 e. The van der Waals surface area contributed by atoms with Gasteiger partial charge in [-0.25, -0.2) is 0 Å². The van der Waals surface area contributed by atoms with Crippen LogP contribution < -0.4 is 19.9 Å². The molecular weight excluding hydrogens is 352 g/mol. The average molecular weight is 380 g/mol. The molecule has 1 aliphatic rings. The SMILES string of the molecule is N#CC[NH+]1CC[NH+](CCC(=O)Nc2ccc(OCc3ccccc3)cc2)CC1. The summed E-state index contributed by atoms with van der Waals surface area (Å²) in [7, 11) is 0. The molecule has 3 rings (SSSR count). The Labute approximate surface area is 166 Å². The molecule has 1 amide bonds. The zero-order chi connectivity index (χ0) is 19.6. The van der Waals surface area contributed by atoms with Crippen molar-refractivity contribution in [3.05, 3.63) is 60.2 Å². The molecule has 6 nitrogen and oxygen atoms in total. The third-order valence-corrected chi connectivity index (χ3v) is 5.09. The van der Waals surface area contributed by atoms with Crippen LogP contribution in [-0.2, 0) is 11.4 Å². The molecule has 1 saturated heterocycles. The van der Waals surface area contributed by atoms with Crippen molar-refractivity contribution in [2.24, 2.45) is 0 Å². The molecule has 2 aromatic rings. The number of nitrogens with zero attached hydrogens (tertiary/aromatic N) is 1. The molecule has 0 aliphatic carbocycles. The lowest BCUT2D eigenvalue weighted by Crippen LogP contribution is -3.28. The summed E-state index contributed by atoms with van der Waals surface area (Å²) < 4.78 is 5.77. The van der Waals surface area contributed by atoms with E-state index in [0.717, 1.165) is 49.7 Å². The predicted octanol–water partition coefficient (Wildman–Crippen LogP) is -0.0988. The zero-order valence-corrected chi connectivity index (χ0v) is 16.1. The minimum atomic E-state index is 0.0391. The normalized spacial score (nSPS) is 18.8. The van der Waals surface area contributed by atoms with E-state index in [1.54, 1.807) is 0 Å². The number of nitriles is 1. The van der Waals surface area contributed by atoms with Gasteiger partial charge in [0.25, 0.3) is 0 Å². The van der Waals surface area contributed by atoms with E-state index in [1.165, 1.54) is 9.80 Å². The molecule has 0 atom stereocenters. The van der Waals surface area contributed by atoms with Crippen LogP contribution in [0.4, 0.5) is 5.69 Å². The molecule has 146 valence electrons. The molecule has 0 bridgehead atoms. The largest absolute Gasteiger partial charge is 0.489 e. The van der Waals surface area contributed by atoms with E-state index in [1.807, 2.05) is 54.6 Å². The Morgan fingerprint density at radius 2 is 1.68 bits per heavy atom. The summed E-state index contributed by atoms with van der Waals surface area (Å²) in [5, 5.41) is 11.7. The number of ether oxygens (including phenoxy) is 1. The molecule has 1 fully saturated rings. The van der Waals surface area contributed by atoms with Crippen LogP contribution in [-0.4, -0.2) is 45.2 Å². The Balaban J connectivity index is 1.37. The van der Waals surface area contributed by atoms with Crippen LogP contribution in [0.1, 0.15) is 12.0 Å². The lowest BCUT2D eigenvalue weighted by atomic mass is 10.2. The van der Waals surface area contributed by atoms with Gasteiger partial charge in [0.05, 0.1) is 13.0 Å². The van der Waals surface area contributed by atoms with Gasteiger partial charge < -0.3 is 19.9 Å². The minimum Gasteiger partial charge on any atom is -0.489 e. The van der Waals surface area contributed by atoms with Crippen molar-refractivity contribution >= 4 is 11.6 Å². The highest BCUT2D eigenvalue weighted by Gasteiger charge is 2.22. The molecular formula is C22H28N4O2+2. The summed E-state index contributed by atoms with van der Waals surface area (Å²) in [6.45, 7) is 6.01. The Bertz CT molecular complexity index is 778. The molecule has 3 N–H and O–H groups in total. The van der Waals surface area contributed by atoms with Gasteiger partial charge in [0.15, 0.2) is 6.54 Å². The highest BCUT2D eigenvalue weighted by molar-refractivity contribution is 5.90. The summed E-state index contributed by atoms with van der Waals surface area (Å²) in [5.41, 5.74) is 1.91. The van der Waals surface area contributed by atoms with Gasteiger partial charge in [0.1, 0.15) is 44.6 Å². The maximum Gasteiger partial charge on any atom is 0.230 e. The molecule has 0 unspecified atom stereocenters. The van der Waals surface area contributed by atoms with Crippen molar-refractivity contribution in [3.63, 3.8) is 0 Å². The fourth-order valence-electron chi connectivity index (χ4n) is 3.38. The monoisotopic (exact) mass is 380 g/mol. The standard InChI is InChI=1S/C22H26N4O2/c23-11-13-26-16-14-25(15-17-26)12-10-22(27)24-20-6-8-21(9-7-20)28-18-19-4-2-1-3-5-19/h1-9H,10,12-18H2,(H,24,27)/p+2. The first-order valence-corrected chi connectivity index (χ1v) is 9.83. The summed E-state index contributed by atoms with van der Waals surface area (Å²) in [5.74, 6) is 0.821. The first-order valence-electron chi connectivity index (χ1n) is 9.83. The van der Waals surface area contributed by atoms with Crippen LogP contribution in [0, 0.1) is 11.3 Å². The molecule has 1 heterocycles. The number of amides is 1. The van der Waals surface area contributed by atoms with Gasteiger partial charge in [0.2, 0.25) is 5.91 Å². The van der Waals surface area contributed by atoms with E-state index in [4.69, 9.17) is 10.00 Å². The van der Waals surface area contributed by atoms with Crippen LogP contribution in [0.5, 0.6) is 5.75 Å². The van der Waals surface area contributed by atoms with E-state index < -0.39 is 0 Å². The van der Waals surface area contributed by atoms with E-state index in [-0.39, 0.29) is 5.91 Å². The Kier molecular flexibility index (Phi) is 7.42. The number of nitrogens with one attached hydrogen (secondary N) is 3. The number of quaternary nitrogens is 2. The van der Waals surface area contributed by atoms with E-state index in [0.29, 0.717) is 19.6 Å². The van der Waals surface area contributed by atoms with E-state index in [2.05, 4.69) is 11.4 Å². The summed E-state index contributed by atoms with van der Waals surface area (Å²) in [6, 6.07) is 19.8. The van der Waals surface area contributed by atoms with Gasteiger partial charge in [0, 0.05) is 5.69 Å². The summed E-state index contributed by atoms with van der Waals surface area (Å²) >= 11 is 0. The van der Waals surface area contributed by atoms with Crippen molar-refractivity contribution in [1.29, 1.82) is 5.26 Å². The molecule has 0 radical (unpaired) electrons. The fourth-order valence-corrected chi connectivity index (χ4v) is 3.38. The van der Waals surface area contributed by atoms with Crippen molar-refractivity contribution in [2.75, 3.05) is 44.6 Å². The van der Waals surface area contributed by atoms with Crippen molar-refractivity contribution in [3.8, 4) is 11.8 Å². The summed E-state index contributed by atoms with van der Waals surface area (Å²) in [4.78, 5) is 15.0. The molecule has 6 heteroatoms. The van der Waals surface area contributed by atoms with Gasteiger partial charge >= 0.3 is 0 Å². The number of anilines is 1. The summed E-state index contributed by atoms with van der Waals surface area (Å²) in [6.07, 6.45) is 0.509. The lowest BCUT2D eigenvalue weighted by molar-refractivity contribution is -1.01. The second kappa shape index (κ2) is 10.5. The highest BCUT2D eigenvalue weighted by Crippen LogP contribution is 2.17. The van der Waals surface area contributed by atoms with Crippen molar-refractivity contribution in [1.82, 2.24) is 0 Å². The zero-order valence-electron chi connectivity index (χ0n) is 16.1. The maximum absolute atomic E-state index is 12.2. The number of piperazine rings is 1. The Morgan fingerprint density at radius 3 is 2.36 bits per heavy atom. The first-order chi connectivity index (χ1) is 13.7. The van der Waals surface area contributed by atoms with Crippen LogP contribution in [0.25, 0.3) is 0 Å². The second-order valence-corrected chi connectivity index (χ2v) is 7.18. The van der Waals surface area contributed by atoms with Gasteiger partial charge in [-0.2, -0.15) is 5.26 Å². The number of rotatable bonds is 8. The topological polar surface area (TPSA) is 71.0 Å². The molecule has 0 spiro atoms. The highest BCUT2D eigenvalue weighted by atomic mass is 16.5. The molecule has 0 saturated carbocycles. The first kappa shape index (κ1) is 19.9. The Morgan fingerprint density at radius 1 is 1.00 bits per heavy atom. The van der Waals surface area contributed by atoms with Crippen LogP contribution in [0.15, 0.2) is 54.6 Å². The maximum atomic E-state index is 12.2. The lowest BCUT2D eigenvalue weighted by Gasteiger charge is -2.28. The molecule has 0 aromatic heterocycles. The van der Waals surface area contributed by atoms with Crippen LogP contribution in [0.2, 0.25) is 0 Å². The average Bonchev–Trinajstić information content (AvgIpc) is 2.74. The third-order valence-electron chi connectivity index (χ3n) is 5.09. The minimum absolute atomic E-state index is 0.0391. The third kappa shape index (κ3) is 6.38. The van der Waals surface area contributed by atoms with Crippen LogP contribution >= 0.6 is 0 Å². The number of carbonyl (C=O) groups excluding carboxylic acids is 1. The fraction of sp³-hybridized carbons (Fsp3) is 0.364. The van der Waals surface area contributed by atoms with Gasteiger partial charge in [-0.1, -0.05) is 30.3 Å². The van der Waals surface area contributed by atoms with E-state index in [9.17, 15) is 4.79 Å². The van der Waals surface area contributed by atoms with Gasteiger partial charge in [-0.15, -0.1) is 0 Å². The number of hydrogen-bond acceptors (Lipinski definition) is 3. The predicted molar refractivity (Wildman–Crippen MR) is 107 cm³/mol. The van der Waals surface area contributed by atoms with Crippen LogP contribution in [0.3, 0.4) is 0 Å².